The number of halogens is 2. The number of benzene rings is 1. The van der Waals surface area contributed by atoms with Crippen molar-refractivity contribution in [2.75, 3.05) is 5.32 Å². The molecule has 0 atom stereocenters. The second kappa shape index (κ2) is 5.81. The van der Waals surface area contributed by atoms with Gasteiger partial charge in [0, 0.05) is 21.1 Å². The highest BCUT2D eigenvalue weighted by molar-refractivity contribution is 9.11. The molecule has 0 saturated heterocycles. The molecule has 0 unspecified atom stereocenters. The van der Waals surface area contributed by atoms with Crippen molar-refractivity contribution >= 4 is 49.4 Å². The van der Waals surface area contributed by atoms with Gasteiger partial charge in [-0.3, -0.25) is 4.79 Å². The molecule has 0 aliphatic carbocycles. The number of nitrogens with one attached hydrogen (secondary N) is 1. The van der Waals surface area contributed by atoms with Crippen molar-refractivity contribution < 1.29 is 14.7 Å². The molecule has 6 heteroatoms. The van der Waals surface area contributed by atoms with Crippen LogP contribution >= 0.6 is 31.9 Å². The second-order valence-corrected chi connectivity index (χ2v) is 4.56. The van der Waals surface area contributed by atoms with Gasteiger partial charge in [0.05, 0.1) is 5.69 Å². The molecule has 0 saturated carbocycles. The largest absolute Gasteiger partial charge is 0.478 e. The summed E-state index contributed by atoms with van der Waals surface area (Å²) in [5.74, 6) is -1.66. The van der Waals surface area contributed by atoms with Crippen LogP contribution < -0.4 is 5.32 Å². The number of aliphatic carboxylic acids is 1. The maximum absolute atomic E-state index is 11.3. The van der Waals surface area contributed by atoms with Crippen LogP contribution in [-0.2, 0) is 9.59 Å². The van der Waals surface area contributed by atoms with Crippen LogP contribution in [0.2, 0.25) is 0 Å². The van der Waals surface area contributed by atoms with Crippen molar-refractivity contribution in [2.45, 2.75) is 0 Å². The van der Waals surface area contributed by atoms with E-state index >= 15 is 0 Å². The smallest absolute Gasteiger partial charge is 0.328 e. The van der Waals surface area contributed by atoms with E-state index < -0.39 is 11.9 Å². The molecule has 0 fully saturated rings. The van der Waals surface area contributed by atoms with Crippen molar-refractivity contribution in [1.82, 2.24) is 0 Å². The van der Waals surface area contributed by atoms with Crippen LogP contribution in [0, 0.1) is 0 Å². The average Bonchev–Trinajstić information content (AvgIpc) is 2.20. The fourth-order valence-electron chi connectivity index (χ4n) is 0.915. The summed E-state index contributed by atoms with van der Waals surface area (Å²) in [5, 5.41) is 10.9. The zero-order chi connectivity index (χ0) is 12.1. The van der Waals surface area contributed by atoms with E-state index in [1.807, 2.05) is 6.07 Å². The predicted molar refractivity (Wildman–Crippen MR) is 67.2 cm³/mol. The minimum Gasteiger partial charge on any atom is -0.478 e. The monoisotopic (exact) mass is 347 g/mol. The molecule has 0 bridgehead atoms. The Labute approximate surface area is 109 Å². The molecule has 1 amide bonds. The zero-order valence-electron chi connectivity index (χ0n) is 7.91. The van der Waals surface area contributed by atoms with Crippen LogP contribution in [0.1, 0.15) is 0 Å². The lowest BCUT2D eigenvalue weighted by Crippen LogP contribution is -2.09. The lowest BCUT2D eigenvalue weighted by Gasteiger charge is -2.05. The number of amides is 1. The van der Waals surface area contributed by atoms with Crippen LogP contribution in [-0.4, -0.2) is 17.0 Å². The lowest BCUT2D eigenvalue weighted by atomic mass is 10.3. The summed E-state index contributed by atoms with van der Waals surface area (Å²) in [7, 11) is 0. The van der Waals surface area contributed by atoms with Gasteiger partial charge in [-0.25, -0.2) is 4.79 Å². The van der Waals surface area contributed by atoms with E-state index in [-0.39, 0.29) is 0 Å². The van der Waals surface area contributed by atoms with Gasteiger partial charge in [0.15, 0.2) is 0 Å². The van der Waals surface area contributed by atoms with Crippen molar-refractivity contribution in [3.63, 3.8) is 0 Å². The van der Waals surface area contributed by atoms with Gasteiger partial charge in [0.2, 0.25) is 5.91 Å². The highest BCUT2D eigenvalue weighted by Crippen LogP contribution is 2.25. The molecule has 0 radical (unpaired) electrons. The molecule has 0 aromatic heterocycles. The highest BCUT2D eigenvalue weighted by atomic mass is 79.9. The minimum absolute atomic E-state index is 0.499. The zero-order valence-corrected chi connectivity index (χ0v) is 11.1. The third-order valence-electron chi connectivity index (χ3n) is 1.56. The Morgan fingerprint density at radius 3 is 2.56 bits per heavy atom. The average molecular weight is 349 g/mol. The molecule has 84 valence electrons. The van der Waals surface area contributed by atoms with Crippen molar-refractivity contribution in [3.8, 4) is 0 Å². The van der Waals surface area contributed by atoms with E-state index in [0.29, 0.717) is 10.2 Å². The Bertz CT molecular complexity index is 457. The summed E-state index contributed by atoms with van der Waals surface area (Å²) in [6.07, 6.45) is 1.73. The second-order valence-electron chi connectivity index (χ2n) is 2.78. The van der Waals surface area contributed by atoms with Crippen LogP contribution in [0.4, 0.5) is 5.69 Å². The summed E-state index contributed by atoms with van der Waals surface area (Å²) < 4.78 is 1.53. The van der Waals surface area contributed by atoms with Gasteiger partial charge < -0.3 is 10.4 Å². The molecule has 1 aromatic carbocycles. The Hall–Kier alpha value is -1.14. The first-order chi connectivity index (χ1) is 7.49. The first-order valence-corrected chi connectivity index (χ1v) is 5.74. The number of carbonyl (C=O) groups is 2. The SMILES string of the molecule is O=C(O)/C=C/C(=O)Nc1cc(Br)ccc1Br. The summed E-state index contributed by atoms with van der Waals surface area (Å²) >= 11 is 6.53. The summed E-state index contributed by atoms with van der Waals surface area (Å²) in [6, 6.07) is 5.28. The van der Waals surface area contributed by atoms with Gasteiger partial charge in [0.1, 0.15) is 0 Å². The Morgan fingerprint density at radius 2 is 1.94 bits per heavy atom. The maximum Gasteiger partial charge on any atom is 0.328 e. The van der Waals surface area contributed by atoms with E-state index in [2.05, 4.69) is 37.2 Å². The number of carboxylic acid groups (broad SMARTS) is 1. The van der Waals surface area contributed by atoms with Gasteiger partial charge in [-0.05, 0) is 34.1 Å². The lowest BCUT2D eigenvalue weighted by molar-refractivity contribution is -0.131. The molecule has 16 heavy (non-hydrogen) atoms. The van der Waals surface area contributed by atoms with E-state index in [0.717, 1.165) is 16.6 Å². The topological polar surface area (TPSA) is 66.4 Å². The summed E-state index contributed by atoms with van der Waals surface area (Å²) in [6.45, 7) is 0. The molecule has 0 heterocycles. The molecule has 0 aliphatic heterocycles. The van der Waals surface area contributed by atoms with Gasteiger partial charge in [-0.15, -0.1) is 0 Å². The van der Waals surface area contributed by atoms with Gasteiger partial charge in [0.25, 0.3) is 0 Å². The minimum atomic E-state index is -1.16. The third kappa shape index (κ3) is 4.16. The maximum atomic E-state index is 11.3. The van der Waals surface area contributed by atoms with Crippen molar-refractivity contribution in [1.29, 1.82) is 0 Å². The molecule has 0 aliphatic rings. The third-order valence-corrected chi connectivity index (χ3v) is 2.75. The first-order valence-electron chi connectivity index (χ1n) is 4.16. The van der Waals surface area contributed by atoms with Crippen LogP contribution in [0.3, 0.4) is 0 Å². The van der Waals surface area contributed by atoms with Crippen LogP contribution in [0.5, 0.6) is 0 Å². The van der Waals surface area contributed by atoms with Gasteiger partial charge in [-0.1, -0.05) is 15.9 Å². The van der Waals surface area contributed by atoms with Crippen LogP contribution in [0.25, 0.3) is 0 Å². The van der Waals surface area contributed by atoms with Crippen LogP contribution in [0.15, 0.2) is 39.3 Å². The molecule has 1 aromatic rings. The van der Waals surface area contributed by atoms with E-state index in [9.17, 15) is 9.59 Å². The predicted octanol–water partition coefficient (Wildman–Crippen LogP) is 2.79. The molecular weight excluding hydrogens is 342 g/mol. The molecule has 2 N–H and O–H groups in total. The van der Waals surface area contributed by atoms with Crippen molar-refractivity contribution in [2.24, 2.45) is 0 Å². The van der Waals surface area contributed by atoms with Crippen molar-refractivity contribution in [3.05, 3.63) is 39.3 Å². The number of hydrogen-bond donors (Lipinski definition) is 2. The molecule has 1 rings (SSSR count). The van der Waals surface area contributed by atoms with E-state index in [4.69, 9.17) is 5.11 Å². The Balaban J connectivity index is 2.77. The quantitative estimate of drug-likeness (QED) is 0.825. The highest BCUT2D eigenvalue weighted by Gasteiger charge is 2.03. The number of carbonyl (C=O) groups excluding carboxylic acids is 1. The van der Waals surface area contributed by atoms with Gasteiger partial charge in [-0.2, -0.15) is 0 Å². The first kappa shape index (κ1) is 12.9. The number of rotatable bonds is 3. The Kier molecular flexibility index (Phi) is 4.70. The Morgan fingerprint density at radius 1 is 1.25 bits per heavy atom. The number of hydrogen-bond acceptors (Lipinski definition) is 2. The van der Waals surface area contributed by atoms with E-state index in [1.165, 1.54) is 0 Å². The number of carboxylic acids is 1. The standard InChI is InChI=1S/C10H7Br2NO3/c11-6-1-2-7(12)8(5-6)13-9(14)3-4-10(15)16/h1-5H,(H,13,14)(H,15,16)/b4-3+. The normalized spacial score (nSPS) is 10.4. The summed E-state index contributed by atoms with van der Waals surface area (Å²) in [5.41, 5.74) is 0.564. The van der Waals surface area contributed by atoms with Gasteiger partial charge >= 0.3 is 5.97 Å². The molecule has 4 nitrogen and oxygen atoms in total. The fourth-order valence-corrected chi connectivity index (χ4v) is 1.62. The molecular formula is C10H7Br2NO3. The summed E-state index contributed by atoms with van der Waals surface area (Å²) in [4.78, 5) is 21.5. The van der Waals surface area contributed by atoms with E-state index in [1.54, 1.807) is 12.1 Å². The fraction of sp³-hybridized carbons (Fsp3) is 0. The number of anilines is 1. The molecule has 0 spiro atoms.